The Kier molecular flexibility index (Phi) is 3.28. The van der Waals surface area contributed by atoms with Gasteiger partial charge in [-0.3, -0.25) is 0 Å². The molecule has 1 saturated carbocycles. The van der Waals surface area contributed by atoms with Gasteiger partial charge in [0.2, 0.25) is 0 Å². The Hall–Kier alpha value is -0.600. The van der Waals surface area contributed by atoms with Crippen LogP contribution in [0.3, 0.4) is 0 Å². The molecule has 0 heterocycles. The zero-order valence-corrected chi connectivity index (χ0v) is 8.06. The first-order valence-electron chi connectivity index (χ1n) is 4.29. The van der Waals surface area contributed by atoms with Gasteiger partial charge in [0, 0.05) is 11.6 Å². The summed E-state index contributed by atoms with van der Waals surface area (Å²) >= 11 is 0. The minimum atomic E-state index is -0.170. The molecule has 1 atom stereocenters. The molecule has 1 aromatic rings. The Morgan fingerprint density at radius 1 is 1.31 bits per heavy atom. The number of halogens is 2. The lowest BCUT2D eigenvalue weighted by molar-refractivity contribution is 0.554. The van der Waals surface area contributed by atoms with Crippen molar-refractivity contribution in [1.29, 1.82) is 0 Å². The van der Waals surface area contributed by atoms with Crippen LogP contribution in [0.25, 0.3) is 0 Å². The van der Waals surface area contributed by atoms with Gasteiger partial charge in [-0.2, -0.15) is 0 Å². The van der Waals surface area contributed by atoms with E-state index in [0.29, 0.717) is 11.5 Å². The second-order valence-electron chi connectivity index (χ2n) is 3.38. The summed E-state index contributed by atoms with van der Waals surface area (Å²) < 4.78 is 13.1. The van der Waals surface area contributed by atoms with Crippen molar-refractivity contribution < 1.29 is 4.39 Å². The maximum absolute atomic E-state index is 13.1. The zero-order chi connectivity index (χ0) is 8.55. The molecule has 1 aliphatic carbocycles. The third kappa shape index (κ3) is 2.20. The molecule has 13 heavy (non-hydrogen) atoms. The Morgan fingerprint density at radius 2 is 1.92 bits per heavy atom. The van der Waals surface area contributed by atoms with Crippen molar-refractivity contribution in [3.8, 4) is 0 Å². The molecular formula is C10H13ClFN. The van der Waals surface area contributed by atoms with Crippen LogP contribution in [0.1, 0.15) is 24.4 Å². The third-order valence-electron chi connectivity index (χ3n) is 2.39. The van der Waals surface area contributed by atoms with E-state index in [-0.39, 0.29) is 24.3 Å². The second kappa shape index (κ2) is 4.07. The Labute approximate surface area is 83.5 Å². The molecule has 2 rings (SSSR count). The number of benzene rings is 1. The first kappa shape index (κ1) is 10.5. The van der Waals surface area contributed by atoms with E-state index in [1.165, 1.54) is 6.07 Å². The lowest BCUT2D eigenvalue weighted by Gasteiger charge is -2.10. The summed E-state index contributed by atoms with van der Waals surface area (Å²) in [5.41, 5.74) is 6.53. The standard InChI is InChI=1S/C10H12FN.ClH/c11-9-4-2-1-3-8(9)10(12)7-5-6-7;/h1-4,7,10H,5-6,12H2;1H/t10-;/m1./s1. The molecule has 3 heteroatoms. The normalized spacial score (nSPS) is 17.7. The highest BCUT2D eigenvalue weighted by Gasteiger charge is 2.30. The van der Waals surface area contributed by atoms with Crippen LogP contribution in [-0.2, 0) is 0 Å². The molecule has 0 saturated heterocycles. The maximum atomic E-state index is 13.1. The first-order chi connectivity index (χ1) is 5.79. The van der Waals surface area contributed by atoms with Crippen molar-refractivity contribution in [2.45, 2.75) is 18.9 Å². The van der Waals surface area contributed by atoms with E-state index in [1.807, 2.05) is 6.07 Å². The Bertz CT molecular complexity index is 286. The van der Waals surface area contributed by atoms with E-state index in [2.05, 4.69) is 0 Å². The summed E-state index contributed by atoms with van der Waals surface area (Å²) in [6.45, 7) is 0. The molecule has 1 aromatic carbocycles. The fraction of sp³-hybridized carbons (Fsp3) is 0.400. The molecule has 2 N–H and O–H groups in total. The monoisotopic (exact) mass is 201 g/mol. The fourth-order valence-electron chi connectivity index (χ4n) is 1.45. The maximum Gasteiger partial charge on any atom is 0.127 e. The number of hydrogen-bond acceptors (Lipinski definition) is 1. The van der Waals surface area contributed by atoms with Gasteiger partial charge in [0.15, 0.2) is 0 Å². The molecule has 1 fully saturated rings. The molecule has 0 aromatic heterocycles. The minimum Gasteiger partial charge on any atom is -0.324 e. The molecule has 0 bridgehead atoms. The van der Waals surface area contributed by atoms with E-state index in [4.69, 9.17) is 5.73 Å². The van der Waals surface area contributed by atoms with Gasteiger partial charge in [-0.25, -0.2) is 4.39 Å². The van der Waals surface area contributed by atoms with Crippen LogP contribution in [0.4, 0.5) is 4.39 Å². The van der Waals surface area contributed by atoms with Gasteiger partial charge in [-0.1, -0.05) is 18.2 Å². The van der Waals surface area contributed by atoms with Crippen LogP contribution >= 0.6 is 12.4 Å². The second-order valence-corrected chi connectivity index (χ2v) is 3.38. The summed E-state index contributed by atoms with van der Waals surface area (Å²) in [5, 5.41) is 0. The molecular weight excluding hydrogens is 189 g/mol. The van der Waals surface area contributed by atoms with E-state index < -0.39 is 0 Å². The van der Waals surface area contributed by atoms with Crippen molar-refractivity contribution in [1.82, 2.24) is 0 Å². The van der Waals surface area contributed by atoms with E-state index in [1.54, 1.807) is 12.1 Å². The summed E-state index contributed by atoms with van der Waals surface area (Å²) in [7, 11) is 0. The molecule has 0 aliphatic heterocycles. The molecule has 0 spiro atoms. The molecule has 0 radical (unpaired) electrons. The summed E-state index contributed by atoms with van der Waals surface area (Å²) in [6.07, 6.45) is 2.30. The average Bonchev–Trinajstić information content (AvgIpc) is 2.86. The van der Waals surface area contributed by atoms with E-state index in [0.717, 1.165) is 12.8 Å². The lowest BCUT2D eigenvalue weighted by Crippen LogP contribution is -2.13. The van der Waals surface area contributed by atoms with E-state index in [9.17, 15) is 4.39 Å². The Balaban J connectivity index is 0.000000845. The van der Waals surface area contributed by atoms with Crippen molar-refractivity contribution in [2.75, 3.05) is 0 Å². The van der Waals surface area contributed by atoms with Gasteiger partial charge in [0.05, 0.1) is 0 Å². The summed E-state index contributed by atoms with van der Waals surface area (Å²) in [4.78, 5) is 0. The molecule has 0 unspecified atom stereocenters. The molecule has 1 nitrogen and oxygen atoms in total. The highest BCUT2D eigenvalue weighted by Crippen LogP contribution is 2.39. The highest BCUT2D eigenvalue weighted by atomic mass is 35.5. The Morgan fingerprint density at radius 3 is 2.46 bits per heavy atom. The summed E-state index contributed by atoms with van der Waals surface area (Å²) in [5.74, 6) is 0.346. The minimum absolute atomic E-state index is 0. The van der Waals surface area contributed by atoms with Crippen LogP contribution in [0.15, 0.2) is 24.3 Å². The summed E-state index contributed by atoms with van der Waals surface area (Å²) in [6, 6.07) is 6.68. The van der Waals surface area contributed by atoms with Gasteiger partial charge in [0.25, 0.3) is 0 Å². The van der Waals surface area contributed by atoms with Crippen LogP contribution in [0.2, 0.25) is 0 Å². The van der Waals surface area contributed by atoms with Gasteiger partial charge >= 0.3 is 0 Å². The lowest BCUT2D eigenvalue weighted by atomic mass is 10.0. The van der Waals surface area contributed by atoms with Gasteiger partial charge in [0.1, 0.15) is 5.82 Å². The van der Waals surface area contributed by atoms with Gasteiger partial charge in [-0.15, -0.1) is 12.4 Å². The predicted molar refractivity (Wildman–Crippen MR) is 53.3 cm³/mol. The predicted octanol–water partition coefficient (Wildman–Crippen LogP) is 2.66. The first-order valence-corrected chi connectivity index (χ1v) is 4.29. The zero-order valence-electron chi connectivity index (χ0n) is 7.24. The largest absolute Gasteiger partial charge is 0.324 e. The van der Waals surface area contributed by atoms with Crippen molar-refractivity contribution in [3.63, 3.8) is 0 Å². The molecule has 0 amide bonds. The smallest absolute Gasteiger partial charge is 0.127 e. The van der Waals surface area contributed by atoms with Crippen molar-refractivity contribution in [2.24, 2.45) is 11.7 Å². The number of nitrogens with two attached hydrogens (primary N) is 1. The molecule has 1 aliphatic rings. The van der Waals surface area contributed by atoms with Crippen LogP contribution < -0.4 is 5.73 Å². The topological polar surface area (TPSA) is 26.0 Å². The number of rotatable bonds is 2. The van der Waals surface area contributed by atoms with Crippen molar-refractivity contribution >= 4 is 12.4 Å². The van der Waals surface area contributed by atoms with Gasteiger partial charge < -0.3 is 5.73 Å². The SMILES string of the molecule is Cl.N[C@@H](c1ccccc1F)C1CC1. The van der Waals surface area contributed by atoms with Crippen LogP contribution in [0.5, 0.6) is 0 Å². The highest BCUT2D eigenvalue weighted by molar-refractivity contribution is 5.85. The number of hydrogen-bond donors (Lipinski definition) is 1. The van der Waals surface area contributed by atoms with Crippen LogP contribution in [0, 0.1) is 11.7 Å². The third-order valence-corrected chi connectivity index (χ3v) is 2.39. The quantitative estimate of drug-likeness (QED) is 0.782. The average molecular weight is 202 g/mol. The van der Waals surface area contributed by atoms with E-state index >= 15 is 0 Å². The van der Waals surface area contributed by atoms with Gasteiger partial charge in [-0.05, 0) is 24.8 Å². The molecule has 72 valence electrons. The van der Waals surface area contributed by atoms with Crippen LogP contribution in [-0.4, -0.2) is 0 Å². The van der Waals surface area contributed by atoms with Crippen molar-refractivity contribution in [3.05, 3.63) is 35.6 Å². The fourth-order valence-corrected chi connectivity index (χ4v) is 1.45.